The SMILES string of the molecule is C#CCC1(O)CC(C(=O)Nc2cccc(SC(=O)N(C)C)c2)C1. The summed E-state index contributed by atoms with van der Waals surface area (Å²) in [7, 11) is 3.38. The van der Waals surface area contributed by atoms with Gasteiger partial charge in [-0.3, -0.25) is 9.59 Å². The predicted molar refractivity (Wildman–Crippen MR) is 91.1 cm³/mol. The zero-order valence-corrected chi connectivity index (χ0v) is 14.0. The quantitative estimate of drug-likeness (QED) is 0.657. The molecule has 0 heterocycles. The maximum Gasteiger partial charge on any atom is 0.285 e. The molecule has 2 rings (SSSR count). The number of carbonyl (C=O) groups excluding carboxylic acids is 2. The molecule has 1 aromatic carbocycles. The van der Waals surface area contributed by atoms with Gasteiger partial charge in [0.2, 0.25) is 5.91 Å². The van der Waals surface area contributed by atoms with Gasteiger partial charge in [-0.15, -0.1) is 12.3 Å². The van der Waals surface area contributed by atoms with E-state index in [0.29, 0.717) is 18.5 Å². The Bertz CT molecular complexity index is 645. The van der Waals surface area contributed by atoms with Crippen LogP contribution in [-0.4, -0.2) is 40.8 Å². The molecule has 0 bridgehead atoms. The number of terminal acetylenes is 1. The molecule has 1 aliphatic carbocycles. The van der Waals surface area contributed by atoms with E-state index in [-0.39, 0.29) is 23.5 Å². The fraction of sp³-hybridized carbons (Fsp3) is 0.412. The van der Waals surface area contributed by atoms with Crippen LogP contribution in [0.3, 0.4) is 0 Å². The Kier molecular flexibility index (Phi) is 5.34. The molecular formula is C17H20N2O3S. The highest BCUT2D eigenvalue weighted by Gasteiger charge is 2.45. The van der Waals surface area contributed by atoms with Crippen molar-refractivity contribution >= 4 is 28.6 Å². The molecule has 0 unspecified atom stereocenters. The van der Waals surface area contributed by atoms with Crippen LogP contribution in [0.1, 0.15) is 19.3 Å². The number of nitrogens with one attached hydrogen (secondary N) is 1. The number of amides is 2. The van der Waals surface area contributed by atoms with E-state index in [9.17, 15) is 14.7 Å². The van der Waals surface area contributed by atoms with E-state index in [4.69, 9.17) is 6.42 Å². The van der Waals surface area contributed by atoms with Gasteiger partial charge in [-0.25, -0.2) is 0 Å². The van der Waals surface area contributed by atoms with Crippen molar-refractivity contribution in [3.63, 3.8) is 0 Å². The molecule has 2 amide bonds. The number of hydrogen-bond donors (Lipinski definition) is 2. The van der Waals surface area contributed by atoms with Gasteiger partial charge in [0.15, 0.2) is 0 Å². The van der Waals surface area contributed by atoms with Crippen LogP contribution < -0.4 is 5.32 Å². The largest absolute Gasteiger partial charge is 0.389 e. The summed E-state index contributed by atoms with van der Waals surface area (Å²) in [6.45, 7) is 0. The van der Waals surface area contributed by atoms with E-state index in [1.807, 2.05) is 6.07 Å². The summed E-state index contributed by atoms with van der Waals surface area (Å²) in [5.41, 5.74) is -0.258. The molecule has 0 saturated heterocycles. The molecule has 6 heteroatoms. The average molecular weight is 332 g/mol. The first-order valence-electron chi connectivity index (χ1n) is 7.29. The first kappa shape index (κ1) is 17.4. The molecule has 1 aliphatic rings. The number of nitrogens with zero attached hydrogens (tertiary/aromatic N) is 1. The Hall–Kier alpha value is -1.97. The fourth-order valence-corrected chi connectivity index (χ4v) is 3.17. The van der Waals surface area contributed by atoms with Crippen LogP contribution in [0.5, 0.6) is 0 Å². The highest BCUT2D eigenvalue weighted by atomic mass is 32.2. The molecular weight excluding hydrogens is 312 g/mol. The van der Waals surface area contributed by atoms with Crippen molar-refractivity contribution in [3.8, 4) is 12.3 Å². The molecule has 0 aliphatic heterocycles. The smallest absolute Gasteiger partial charge is 0.285 e. The van der Waals surface area contributed by atoms with Crippen LogP contribution in [0.4, 0.5) is 10.5 Å². The summed E-state index contributed by atoms with van der Waals surface area (Å²) in [6, 6.07) is 7.14. The lowest BCUT2D eigenvalue weighted by Gasteiger charge is -2.41. The van der Waals surface area contributed by atoms with Crippen LogP contribution in [0.15, 0.2) is 29.2 Å². The predicted octanol–water partition coefficient (Wildman–Crippen LogP) is 2.56. The zero-order chi connectivity index (χ0) is 17.0. The average Bonchev–Trinajstić information content (AvgIpc) is 2.45. The molecule has 1 fully saturated rings. The number of aliphatic hydroxyl groups is 1. The van der Waals surface area contributed by atoms with Crippen molar-refractivity contribution in [2.75, 3.05) is 19.4 Å². The van der Waals surface area contributed by atoms with E-state index in [1.165, 1.54) is 4.90 Å². The second-order valence-electron chi connectivity index (χ2n) is 5.99. The summed E-state index contributed by atoms with van der Waals surface area (Å²) in [6.07, 6.45) is 6.25. The topological polar surface area (TPSA) is 69.6 Å². The van der Waals surface area contributed by atoms with Crippen molar-refractivity contribution in [1.82, 2.24) is 4.90 Å². The third kappa shape index (κ3) is 4.50. The number of carbonyl (C=O) groups is 2. The van der Waals surface area contributed by atoms with Crippen LogP contribution >= 0.6 is 11.8 Å². The Morgan fingerprint density at radius 2 is 2.17 bits per heavy atom. The van der Waals surface area contributed by atoms with Gasteiger partial charge in [0.1, 0.15) is 0 Å². The molecule has 0 radical (unpaired) electrons. The molecule has 122 valence electrons. The van der Waals surface area contributed by atoms with Gasteiger partial charge < -0.3 is 15.3 Å². The second kappa shape index (κ2) is 7.07. The molecule has 0 atom stereocenters. The molecule has 1 aromatic rings. The van der Waals surface area contributed by atoms with E-state index in [0.717, 1.165) is 16.7 Å². The molecule has 2 N–H and O–H groups in total. The Labute approximate surface area is 140 Å². The van der Waals surface area contributed by atoms with E-state index in [2.05, 4.69) is 11.2 Å². The van der Waals surface area contributed by atoms with Crippen LogP contribution in [0.2, 0.25) is 0 Å². The minimum absolute atomic E-state index is 0.0770. The Morgan fingerprint density at radius 1 is 1.48 bits per heavy atom. The Morgan fingerprint density at radius 3 is 2.78 bits per heavy atom. The van der Waals surface area contributed by atoms with E-state index < -0.39 is 5.60 Å². The van der Waals surface area contributed by atoms with Crippen molar-refractivity contribution in [1.29, 1.82) is 0 Å². The van der Waals surface area contributed by atoms with Crippen molar-refractivity contribution in [2.24, 2.45) is 5.92 Å². The van der Waals surface area contributed by atoms with Crippen molar-refractivity contribution < 1.29 is 14.7 Å². The number of rotatable bonds is 4. The number of thioether (sulfide) groups is 1. The van der Waals surface area contributed by atoms with Crippen molar-refractivity contribution in [2.45, 2.75) is 29.8 Å². The molecule has 23 heavy (non-hydrogen) atoms. The van der Waals surface area contributed by atoms with E-state index in [1.54, 1.807) is 32.3 Å². The summed E-state index contributed by atoms with van der Waals surface area (Å²) >= 11 is 1.10. The first-order valence-corrected chi connectivity index (χ1v) is 8.10. The minimum Gasteiger partial charge on any atom is -0.389 e. The molecule has 1 saturated carbocycles. The van der Waals surface area contributed by atoms with Gasteiger partial charge in [-0.05, 0) is 42.8 Å². The van der Waals surface area contributed by atoms with Crippen molar-refractivity contribution in [3.05, 3.63) is 24.3 Å². The van der Waals surface area contributed by atoms with Gasteiger partial charge in [0, 0.05) is 37.0 Å². The Balaban J connectivity index is 1.92. The minimum atomic E-state index is -0.896. The maximum atomic E-state index is 12.2. The number of anilines is 1. The fourth-order valence-electron chi connectivity index (χ4n) is 2.45. The van der Waals surface area contributed by atoms with Crippen LogP contribution in [0, 0.1) is 18.3 Å². The zero-order valence-electron chi connectivity index (χ0n) is 13.2. The third-order valence-electron chi connectivity index (χ3n) is 3.73. The third-order valence-corrected chi connectivity index (χ3v) is 4.76. The lowest BCUT2D eigenvalue weighted by Crippen LogP contribution is -2.48. The first-order chi connectivity index (χ1) is 10.8. The van der Waals surface area contributed by atoms with Gasteiger partial charge in [0.05, 0.1) is 5.60 Å². The number of hydrogen-bond acceptors (Lipinski definition) is 4. The standard InChI is InChI=1S/C17H20N2O3S/c1-4-8-17(22)10-12(11-17)15(20)18-13-6-5-7-14(9-13)23-16(21)19(2)3/h1,5-7,9,12,22H,8,10-11H2,2-3H3,(H,18,20). The lowest BCUT2D eigenvalue weighted by molar-refractivity contribution is -0.135. The molecule has 0 aromatic heterocycles. The summed E-state index contributed by atoms with van der Waals surface area (Å²) in [4.78, 5) is 26.1. The normalized spacial score (nSPS) is 22.6. The maximum absolute atomic E-state index is 12.2. The highest BCUT2D eigenvalue weighted by Crippen LogP contribution is 2.40. The lowest BCUT2D eigenvalue weighted by atomic mass is 9.69. The van der Waals surface area contributed by atoms with E-state index >= 15 is 0 Å². The highest BCUT2D eigenvalue weighted by molar-refractivity contribution is 8.13. The molecule has 0 spiro atoms. The summed E-state index contributed by atoms with van der Waals surface area (Å²) < 4.78 is 0. The van der Waals surface area contributed by atoms with Gasteiger partial charge in [0.25, 0.3) is 5.24 Å². The molecule has 5 nitrogen and oxygen atoms in total. The second-order valence-corrected chi connectivity index (χ2v) is 7.01. The van der Waals surface area contributed by atoms with Crippen LogP contribution in [0.25, 0.3) is 0 Å². The van der Waals surface area contributed by atoms with Gasteiger partial charge >= 0.3 is 0 Å². The van der Waals surface area contributed by atoms with Crippen LogP contribution in [-0.2, 0) is 4.79 Å². The van der Waals surface area contributed by atoms with Gasteiger partial charge in [-0.1, -0.05) is 6.07 Å². The summed E-state index contributed by atoms with van der Waals surface area (Å²) in [5, 5.41) is 12.8. The van der Waals surface area contributed by atoms with Gasteiger partial charge in [-0.2, -0.15) is 0 Å². The number of benzene rings is 1. The monoisotopic (exact) mass is 332 g/mol. The summed E-state index contributed by atoms with van der Waals surface area (Å²) in [5.74, 6) is 2.07.